The highest BCUT2D eigenvalue weighted by molar-refractivity contribution is 5.85. The Bertz CT molecular complexity index is 442. The number of hydrogen-bond acceptors (Lipinski definition) is 6. The molecule has 1 rings (SSSR count). The molecule has 0 bridgehead atoms. The van der Waals surface area contributed by atoms with E-state index in [4.69, 9.17) is 24.7 Å². The lowest BCUT2D eigenvalue weighted by molar-refractivity contribution is -0.143. The van der Waals surface area contributed by atoms with Gasteiger partial charge in [0.1, 0.15) is 0 Å². The Kier molecular flexibility index (Phi) is 8.57. The first-order valence-electron chi connectivity index (χ1n) is 6.28. The average molecular weight is 320 g/mol. The van der Waals surface area contributed by atoms with Gasteiger partial charge in [-0.1, -0.05) is 0 Å². The summed E-state index contributed by atoms with van der Waals surface area (Å²) in [4.78, 5) is 11.5. The molecule has 0 heterocycles. The quantitative estimate of drug-likeness (QED) is 0.775. The molecule has 0 saturated carbocycles. The zero-order chi connectivity index (χ0) is 15.1. The van der Waals surface area contributed by atoms with Crippen molar-refractivity contribution in [3.8, 4) is 17.2 Å². The number of esters is 1. The van der Waals surface area contributed by atoms with Crippen LogP contribution in [0.4, 0.5) is 0 Å². The van der Waals surface area contributed by atoms with E-state index in [0.29, 0.717) is 29.4 Å². The van der Waals surface area contributed by atoms with Gasteiger partial charge in [0.25, 0.3) is 0 Å². The highest BCUT2D eigenvalue weighted by Crippen LogP contribution is 2.39. The van der Waals surface area contributed by atoms with Crippen LogP contribution in [-0.4, -0.2) is 33.9 Å². The lowest BCUT2D eigenvalue weighted by Gasteiger charge is -2.17. The fourth-order valence-electron chi connectivity index (χ4n) is 1.83. The highest BCUT2D eigenvalue weighted by Gasteiger charge is 2.18. The summed E-state index contributed by atoms with van der Waals surface area (Å²) in [5.74, 6) is 1.15. The van der Waals surface area contributed by atoms with Crippen molar-refractivity contribution < 1.29 is 23.7 Å². The molecule has 6 nitrogen and oxygen atoms in total. The molecule has 0 aliphatic heterocycles. The Morgan fingerprint density at radius 3 is 2.05 bits per heavy atom. The lowest BCUT2D eigenvalue weighted by Crippen LogP contribution is -2.17. The number of benzene rings is 1. The number of carbonyl (C=O) groups is 1. The minimum absolute atomic E-state index is 0. The molecule has 1 aromatic carbocycles. The van der Waals surface area contributed by atoms with Gasteiger partial charge in [0.15, 0.2) is 11.5 Å². The third-order valence-electron chi connectivity index (χ3n) is 2.81. The van der Waals surface area contributed by atoms with E-state index in [1.165, 1.54) is 21.3 Å². The second-order valence-electron chi connectivity index (χ2n) is 4.07. The molecule has 2 N–H and O–H groups in total. The first kappa shape index (κ1) is 19.3. The van der Waals surface area contributed by atoms with Gasteiger partial charge in [-0.25, -0.2) is 0 Å². The van der Waals surface area contributed by atoms with Crippen molar-refractivity contribution in [2.45, 2.75) is 19.4 Å². The van der Waals surface area contributed by atoms with Crippen molar-refractivity contribution in [2.75, 3.05) is 27.9 Å². The van der Waals surface area contributed by atoms with Gasteiger partial charge in [-0.05, 0) is 24.6 Å². The number of halogens is 1. The van der Waals surface area contributed by atoms with Gasteiger partial charge in [-0.3, -0.25) is 4.79 Å². The Morgan fingerprint density at radius 2 is 1.67 bits per heavy atom. The Balaban J connectivity index is 0.00000400. The number of rotatable bonds is 7. The monoisotopic (exact) mass is 319 g/mol. The van der Waals surface area contributed by atoms with Crippen LogP contribution in [0.2, 0.25) is 0 Å². The zero-order valence-electron chi connectivity index (χ0n) is 12.7. The second kappa shape index (κ2) is 9.31. The molecular formula is C14H22ClNO5. The van der Waals surface area contributed by atoms with E-state index in [1.807, 2.05) is 0 Å². The SMILES string of the molecule is CCOC(=O)C[C@@H](N)c1cc(OC)c(OC)c(OC)c1.Cl. The van der Waals surface area contributed by atoms with Crippen LogP contribution in [-0.2, 0) is 9.53 Å². The third kappa shape index (κ3) is 4.99. The maximum absolute atomic E-state index is 11.5. The molecule has 0 fully saturated rings. The average Bonchev–Trinajstić information content (AvgIpc) is 2.45. The van der Waals surface area contributed by atoms with Crippen molar-refractivity contribution in [1.82, 2.24) is 0 Å². The van der Waals surface area contributed by atoms with Crippen molar-refractivity contribution in [2.24, 2.45) is 5.73 Å². The summed E-state index contributed by atoms with van der Waals surface area (Å²) in [6.07, 6.45) is 0.0898. The summed E-state index contributed by atoms with van der Waals surface area (Å²) in [6, 6.07) is 2.96. The molecule has 0 aromatic heterocycles. The molecule has 0 spiro atoms. The number of ether oxygens (including phenoxy) is 4. The maximum atomic E-state index is 11.5. The molecule has 1 aromatic rings. The van der Waals surface area contributed by atoms with Crippen LogP contribution in [0.3, 0.4) is 0 Å². The van der Waals surface area contributed by atoms with Gasteiger partial charge in [0.2, 0.25) is 5.75 Å². The Morgan fingerprint density at radius 1 is 1.14 bits per heavy atom. The number of methoxy groups -OCH3 is 3. The van der Waals surface area contributed by atoms with Gasteiger partial charge >= 0.3 is 5.97 Å². The van der Waals surface area contributed by atoms with E-state index < -0.39 is 6.04 Å². The standard InChI is InChI=1S/C14H21NO5.ClH/c1-5-20-13(16)8-10(15)9-6-11(17-2)14(19-4)12(7-9)18-3;/h6-7,10H,5,8,15H2,1-4H3;1H/t10-;/m1./s1. The van der Waals surface area contributed by atoms with Crippen molar-refractivity contribution in [1.29, 1.82) is 0 Å². The molecule has 0 saturated heterocycles. The molecule has 120 valence electrons. The number of hydrogen-bond donors (Lipinski definition) is 1. The third-order valence-corrected chi connectivity index (χ3v) is 2.81. The van der Waals surface area contributed by atoms with E-state index in [1.54, 1.807) is 19.1 Å². The van der Waals surface area contributed by atoms with Crippen molar-refractivity contribution in [3.05, 3.63) is 17.7 Å². The van der Waals surface area contributed by atoms with Gasteiger partial charge in [0, 0.05) is 6.04 Å². The first-order valence-corrected chi connectivity index (χ1v) is 6.28. The highest BCUT2D eigenvalue weighted by atomic mass is 35.5. The molecule has 7 heteroatoms. The van der Waals surface area contributed by atoms with Crippen LogP contribution in [0.25, 0.3) is 0 Å². The van der Waals surface area contributed by atoms with Crippen LogP contribution in [0.5, 0.6) is 17.2 Å². The molecule has 21 heavy (non-hydrogen) atoms. The second-order valence-corrected chi connectivity index (χ2v) is 4.07. The Labute approximate surface area is 130 Å². The molecular weight excluding hydrogens is 298 g/mol. The van der Waals surface area contributed by atoms with Crippen LogP contribution in [0, 0.1) is 0 Å². The molecule has 0 aliphatic carbocycles. The minimum atomic E-state index is -0.497. The van der Waals surface area contributed by atoms with Gasteiger partial charge < -0.3 is 24.7 Å². The first-order chi connectivity index (χ1) is 9.57. The summed E-state index contributed by atoms with van der Waals surface area (Å²) in [5.41, 5.74) is 6.73. The normalized spacial score (nSPS) is 11.1. The minimum Gasteiger partial charge on any atom is -0.493 e. The van der Waals surface area contributed by atoms with Crippen LogP contribution >= 0.6 is 12.4 Å². The van der Waals surface area contributed by atoms with Crippen LogP contribution in [0.15, 0.2) is 12.1 Å². The molecule has 0 aliphatic rings. The number of nitrogens with two attached hydrogens (primary N) is 1. The van der Waals surface area contributed by atoms with Crippen LogP contribution in [0.1, 0.15) is 24.9 Å². The molecule has 0 amide bonds. The lowest BCUT2D eigenvalue weighted by atomic mass is 10.0. The van der Waals surface area contributed by atoms with E-state index >= 15 is 0 Å². The summed E-state index contributed by atoms with van der Waals surface area (Å²) in [6.45, 7) is 2.09. The smallest absolute Gasteiger partial charge is 0.307 e. The summed E-state index contributed by atoms with van der Waals surface area (Å²) >= 11 is 0. The van der Waals surface area contributed by atoms with E-state index in [2.05, 4.69) is 0 Å². The summed E-state index contributed by atoms with van der Waals surface area (Å²) in [5, 5.41) is 0. The molecule has 1 atom stereocenters. The fourth-order valence-corrected chi connectivity index (χ4v) is 1.83. The summed E-state index contributed by atoms with van der Waals surface area (Å²) < 4.78 is 20.6. The predicted molar refractivity (Wildman–Crippen MR) is 81.5 cm³/mol. The maximum Gasteiger partial charge on any atom is 0.307 e. The topological polar surface area (TPSA) is 80.0 Å². The zero-order valence-corrected chi connectivity index (χ0v) is 13.5. The van der Waals surface area contributed by atoms with E-state index in [9.17, 15) is 4.79 Å². The van der Waals surface area contributed by atoms with Crippen molar-refractivity contribution >= 4 is 18.4 Å². The van der Waals surface area contributed by atoms with Crippen LogP contribution < -0.4 is 19.9 Å². The summed E-state index contributed by atoms with van der Waals surface area (Å²) in [7, 11) is 4.58. The van der Waals surface area contributed by atoms with Gasteiger partial charge in [-0.15, -0.1) is 12.4 Å². The number of carbonyl (C=O) groups excluding carboxylic acids is 1. The van der Waals surface area contributed by atoms with E-state index in [-0.39, 0.29) is 24.8 Å². The van der Waals surface area contributed by atoms with Crippen molar-refractivity contribution in [3.63, 3.8) is 0 Å². The van der Waals surface area contributed by atoms with Gasteiger partial charge in [0.05, 0.1) is 34.4 Å². The van der Waals surface area contributed by atoms with E-state index in [0.717, 1.165) is 0 Å². The molecule has 0 unspecified atom stereocenters. The largest absolute Gasteiger partial charge is 0.493 e. The predicted octanol–water partition coefficient (Wildman–Crippen LogP) is 2.09. The van der Waals surface area contributed by atoms with Gasteiger partial charge in [-0.2, -0.15) is 0 Å². The fraction of sp³-hybridized carbons (Fsp3) is 0.500. The Hall–Kier alpha value is -1.66. The molecule has 0 radical (unpaired) electrons.